The summed E-state index contributed by atoms with van der Waals surface area (Å²) in [5, 5.41) is 9.20. The van der Waals surface area contributed by atoms with Gasteiger partial charge >= 0.3 is 0 Å². The van der Waals surface area contributed by atoms with E-state index in [4.69, 9.17) is 4.42 Å². The Morgan fingerprint density at radius 2 is 2.10 bits per heavy atom. The predicted octanol–water partition coefficient (Wildman–Crippen LogP) is 1.12. The number of amides is 1. The van der Waals surface area contributed by atoms with Gasteiger partial charge in [0.25, 0.3) is 11.5 Å². The highest BCUT2D eigenvalue weighted by molar-refractivity contribution is 5.91. The number of nitrogens with zero attached hydrogens (tertiary/aromatic N) is 2. The first-order chi connectivity index (χ1) is 10.1. The lowest BCUT2D eigenvalue weighted by Crippen LogP contribution is -2.29. The van der Waals surface area contributed by atoms with Gasteiger partial charge in [-0.3, -0.25) is 9.59 Å². The van der Waals surface area contributed by atoms with E-state index in [1.807, 2.05) is 13.8 Å². The Bertz CT molecular complexity index is 702. The highest BCUT2D eigenvalue weighted by Gasteiger charge is 2.15. The molecule has 0 saturated carbocycles. The van der Waals surface area contributed by atoms with Crippen LogP contribution in [0.15, 0.2) is 15.5 Å². The number of carbonyl (C=O) groups is 1. The number of rotatable bonds is 5. The zero-order chi connectivity index (χ0) is 15.4. The van der Waals surface area contributed by atoms with E-state index in [1.165, 1.54) is 6.26 Å². The van der Waals surface area contributed by atoms with Gasteiger partial charge < -0.3 is 9.73 Å². The molecule has 0 unspecified atom stereocenters. The Morgan fingerprint density at radius 3 is 2.67 bits per heavy atom. The van der Waals surface area contributed by atoms with Gasteiger partial charge in [-0.1, -0.05) is 13.8 Å². The fraction of sp³-hybridized carbons (Fsp3) is 0.429. The lowest BCUT2D eigenvalue weighted by atomic mass is 10.0. The number of hydrogen-bond donors (Lipinski definition) is 2. The van der Waals surface area contributed by atoms with Gasteiger partial charge in [-0.25, -0.2) is 10.1 Å². The third-order valence-corrected chi connectivity index (χ3v) is 3.24. The zero-order valence-corrected chi connectivity index (χ0v) is 12.3. The summed E-state index contributed by atoms with van der Waals surface area (Å²) < 4.78 is 4.99. The minimum absolute atomic E-state index is 0.138. The lowest BCUT2D eigenvalue weighted by molar-refractivity contribution is 0.0945. The van der Waals surface area contributed by atoms with Crippen LogP contribution in [0.25, 0.3) is 0 Å². The molecule has 7 heteroatoms. The van der Waals surface area contributed by atoms with Crippen molar-refractivity contribution in [2.45, 2.75) is 40.2 Å². The number of aryl methyl sites for hydroxylation is 2. The van der Waals surface area contributed by atoms with Crippen LogP contribution in [0.2, 0.25) is 0 Å². The van der Waals surface area contributed by atoms with Crippen molar-refractivity contribution in [1.82, 2.24) is 20.5 Å². The molecule has 0 aliphatic heterocycles. The van der Waals surface area contributed by atoms with E-state index in [0.29, 0.717) is 17.9 Å². The number of hydrogen-bond acceptors (Lipinski definition) is 5. The zero-order valence-electron chi connectivity index (χ0n) is 12.3. The van der Waals surface area contributed by atoms with Gasteiger partial charge in [0.15, 0.2) is 11.6 Å². The van der Waals surface area contributed by atoms with E-state index in [-0.39, 0.29) is 23.7 Å². The standard InChI is InChI=1S/C14H18N4O3/c1-4-9-10(13(19)18-17-11(9)5-2)6-15-14(20)12-7-21-8(3)16-12/h7H,4-6H2,1-3H3,(H,15,20)(H,18,19). The van der Waals surface area contributed by atoms with Gasteiger partial charge in [0.2, 0.25) is 0 Å². The first-order valence-electron chi connectivity index (χ1n) is 6.86. The van der Waals surface area contributed by atoms with Crippen molar-refractivity contribution < 1.29 is 9.21 Å². The monoisotopic (exact) mass is 290 g/mol. The van der Waals surface area contributed by atoms with Gasteiger partial charge in [-0.15, -0.1) is 0 Å². The average molecular weight is 290 g/mol. The number of nitrogens with one attached hydrogen (secondary N) is 2. The van der Waals surface area contributed by atoms with Crippen LogP contribution in [0.3, 0.4) is 0 Å². The van der Waals surface area contributed by atoms with E-state index >= 15 is 0 Å². The maximum absolute atomic E-state index is 11.9. The Hall–Kier alpha value is -2.44. The van der Waals surface area contributed by atoms with Crippen molar-refractivity contribution in [3.05, 3.63) is 45.0 Å². The first-order valence-corrected chi connectivity index (χ1v) is 6.86. The number of oxazole rings is 1. The van der Waals surface area contributed by atoms with E-state index in [0.717, 1.165) is 17.7 Å². The summed E-state index contributed by atoms with van der Waals surface area (Å²) in [5.74, 6) is 0.0487. The van der Waals surface area contributed by atoms with Gasteiger partial charge in [0, 0.05) is 19.0 Å². The fourth-order valence-corrected chi connectivity index (χ4v) is 2.19. The van der Waals surface area contributed by atoms with E-state index in [9.17, 15) is 9.59 Å². The highest BCUT2D eigenvalue weighted by atomic mass is 16.3. The Kier molecular flexibility index (Phi) is 4.52. The molecule has 112 valence electrons. The van der Waals surface area contributed by atoms with Crippen LogP contribution in [0.1, 0.15) is 47.0 Å². The number of aromatic nitrogens is 3. The molecule has 0 saturated heterocycles. The maximum atomic E-state index is 11.9. The molecule has 0 radical (unpaired) electrons. The summed E-state index contributed by atoms with van der Waals surface area (Å²) in [4.78, 5) is 27.8. The van der Waals surface area contributed by atoms with Crippen LogP contribution in [-0.4, -0.2) is 21.1 Å². The molecular weight excluding hydrogens is 272 g/mol. The molecule has 0 atom stereocenters. The second-order valence-electron chi connectivity index (χ2n) is 4.60. The lowest BCUT2D eigenvalue weighted by Gasteiger charge is -2.10. The maximum Gasteiger partial charge on any atom is 0.273 e. The summed E-state index contributed by atoms with van der Waals surface area (Å²) in [6.45, 7) is 5.73. The normalized spacial score (nSPS) is 10.6. The van der Waals surface area contributed by atoms with Crippen LogP contribution in [0.5, 0.6) is 0 Å². The smallest absolute Gasteiger partial charge is 0.273 e. The first kappa shape index (κ1) is 15.0. The average Bonchev–Trinajstić information content (AvgIpc) is 2.91. The van der Waals surface area contributed by atoms with Crippen molar-refractivity contribution in [1.29, 1.82) is 0 Å². The number of carbonyl (C=O) groups excluding carboxylic acids is 1. The molecule has 2 rings (SSSR count). The van der Waals surface area contributed by atoms with Crippen LogP contribution in [0.4, 0.5) is 0 Å². The molecule has 2 aromatic heterocycles. The molecule has 2 N–H and O–H groups in total. The Labute approximate surface area is 121 Å². The van der Waals surface area contributed by atoms with Gasteiger partial charge in [-0.05, 0) is 18.4 Å². The quantitative estimate of drug-likeness (QED) is 0.859. The van der Waals surface area contributed by atoms with Crippen molar-refractivity contribution in [3.8, 4) is 0 Å². The molecule has 0 aromatic carbocycles. The van der Waals surface area contributed by atoms with Crippen molar-refractivity contribution in [2.75, 3.05) is 0 Å². The molecule has 0 fully saturated rings. The number of aromatic amines is 1. The van der Waals surface area contributed by atoms with Crippen molar-refractivity contribution in [3.63, 3.8) is 0 Å². The Morgan fingerprint density at radius 1 is 1.33 bits per heavy atom. The van der Waals surface area contributed by atoms with Gasteiger partial charge in [-0.2, -0.15) is 5.10 Å². The molecule has 1 amide bonds. The summed E-state index contributed by atoms with van der Waals surface area (Å²) in [5.41, 5.74) is 2.20. The van der Waals surface area contributed by atoms with Gasteiger partial charge in [0.1, 0.15) is 6.26 Å². The van der Waals surface area contributed by atoms with Crippen molar-refractivity contribution >= 4 is 5.91 Å². The fourth-order valence-electron chi connectivity index (χ4n) is 2.19. The molecule has 7 nitrogen and oxygen atoms in total. The van der Waals surface area contributed by atoms with Crippen molar-refractivity contribution in [2.24, 2.45) is 0 Å². The minimum atomic E-state index is -0.372. The largest absolute Gasteiger partial charge is 0.448 e. The highest BCUT2D eigenvalue weighted by Crippen LogP contribution is 2.10. The van der Waals surface area contributed by atoms with E-state index in [2.05, 4.69) is 20.5 Å². The topological polar surface area (TPSA) is 101 Å². The Balaban J connectivity index is 2.20. The minimum Gasteiger partial charge on any atom is -0.448 e. The molecule has 21 heavy (non-hydrogen) atoms. The molecule has 2 heterocycles. The summed E-state index contributed by atoms with van der Waals surface area (Å²) in [7, 11) is 0. The number of H-pyrrole nitrogens is 1. The summed E-state index contributed by atoms with van der Waals surface area (Å²) in [6.07, 6.45) is 2.71. The SMILES string of the molecule is CCc1n[nH]c(=O)c(CNC(=O)c2coc(C)n2)c1CC. The van der Waals surface area contributed by atoms with Crippen LogP contribution in [-0.2, 0) is 19.4 Å². The van der Waals surface area contributed by atoms with Crippen LogP contribution < -0.4 is 10.9 Å². The summed E-state index contributed by atoms with van der Waals surface area (Å²) in [6, 6.07) is 0. The molecule has 0 aliphatic rings. The van der Waals surface area contributed by atoms with Crippen LogP contribution in [0, 0.1) is 6.92 Å². The summed E-state index contributed by atoms with van der Waals surface area (Å²) >= 11 is 0. The predicted molar refractivity (Wildman–Crippen MR) is 76.0 cm³/mol. The van der Waals surface area contributed by atoms with E-state index < -0.39 is 0 Å². The molecule has 0 spiro atoms. The second-order valence-corrected chi connectivity index (χ2v) is 4.60. The molecule has 2 aromatic rings. The third-order valence-electron chi connectivity index (χ3n) is 3.24. The van der Waals surface area contributed by atoms with Crippen LogP contribution >= 0.6 is 0 Å². The molecular formula is C14H18N4O3. The second kappa shape index (κ2) is 6.34. The molecule has 0 aliphatic carbocycles. The van der Waals surface area contributed by atoms with E-state index in [1.54, 1.807) is 6.92 Å². The molecule has 0 bridgehead atoms. The van der Waals surface area contributed by atoms with Gasteiger partial charge in [0.05, 0.1) is 5.69 Å². The third kappa shape index (κ3) is 3.18.